The lowest BCUT2D eigenvalue weighted by Crippen LogP contribution is -2.41. The number of hydrogen-bond acceptors (Lipinski definition) is 4. The molecule has 0 spiro atoms. The van der Waals surface area contributed by atoms with Gasteiger partial charge in [0.1, 0.15) is 6.04 Å². The summed E-state index contributed by atoms with van der Waals surface area (Å²) < 4.78 is 11.7. The van der Waals surface area contributed by atoms with Crippen LogP contribution >= 0.6 is 11.8 Å². The van der Waals surface area contributed by atoms with Gasteiger partial charge in [-0.3, -0.25) is 9.00 Å². The maximum atomic E-state index is 12.0. The zero-order valence-electron chi connectivity index (χ0n) is 11.9. The first-order valence-electron chi connectivity index (χ1n) is 6.58. The largest absolute Gasteiger partial charge is 0.351 e. The second kappa shape index (κ2) is 9.15. The lowest BCUT2D eigenvalue weighted by atomic mass is 10.1. The Morgan fingerprint density at radius 3 is 2.65 bits per heavy atom. The van der Waals surface area contributed by atoms with Gasteiger partial charge in [-0.15, -0.1) is 11.8 Å². The smallest absolute Gasteiger partial charge is 0.241 e. The molecular weight excluding hydrogens is 292 g/mol. The van der Waals surface area contributed by atoms with Gasteiger partial charge in [-0.2, -0.15) is 0 Å². The second-order valence-electron chi connectivity index (χ2n) is 4.52. The van der Waals surface area contributed by atoms with Crippen LogP contribution in [0.5, 0.6) is 0 Å². The predicted octanol–water partition coefficient (Wildman–Crippen LogP) is 1.65. The van der Waals surface area contributed by atoms with Crippen LogP contribution in [0.25, 0.3) is 0 Å². The standard InChI is InChI=1S/C14H22N2O2S2/c1-3-19-10-20(18)9-11(2)16-14(17)13(15)12-7-5-4-6-8-12/h4-8,11,13H,3,9-10,15H2,1-2H3,(H,16,17)/t11-,13+,20?/m1/s1. The molecule has 0 radical (unpaired) electrons. The lowest BCUT2D eigenvalue weighted by molar-refractivity contribution is -0.122. The van der Waals surface area contributed by atoms with E-state index < -0.39 is 16.8 Å². The summed E-state index contributed by atoms with van der Waals surface area (Å²) in [5.74, 6) is 1.18. The topological polar surface area (TPSA) is 72.2 Å². The van der Waals surface area contributed by atoms with E-state index in [0.717, 1.165) is 11.3 Å². The monoisotopic (exact) mass is 314 g/mol. The molecule has 0 aromatic heterocycles. The number of carbonyl (C=O) groups excluding carboxylic acids is 1. The van der Waals surface area contributed by atoms with Gasteiger partial charge in [-0.25, -0.2) is 0 Å². The molecule has 0 aliphatic heterocycles. The maximum Gasteiger partial charge on any atom is 0.241 e. The number of thioether (sulfide) groups is 1. The van der Waals surface area contributed by atoms with Gasteiger partial charge in [0.05, 0.1) is 5.08 Å². The fourth-order valence-electron chi connectivity index (χ4n) is 1.69. The highest BCUT2D eigenvalue weighted by Crippen LogP contribution is 2.10. The number of rotatable bonds is 8. The summed E-state index contributed by atoms with van der Waals surface area (Å²) in [6, 6.07) is 8.40. The van der Waals surface area contributed by atoms with Gasteiger partial charge in [-0.05, 0) is 18.2 Å². The van der Waals surface area contributed by atoms with E-state index in [1.165, 1.54) is 0 Å². The van der Waals surface area contributed by atoms with Gasteiger partial charge >= 0.3 is 0 Å². The highest BCUT2D eigenvalue weighted by atomic mass is 32.2. The van der Waals surface area contributed by atoms with Crippen LogP contribution in [0.4, 0.5) is 0 Å². The Morgan fingerprint density at radius 2 is 2.05 bits per heavy atom. The van der Waals surface area contributed by atoms with Gasteiger partial charge in [0, 0.05) is 22.6 Å². The Kier molecular flexibility index (Phi) is 7.87. The van der Waals surface area contributed by atoms with Gasteiger partial charge in [0.2, 0.25) is 5.91 Å². The molecular formula is C14H22N2O2S2. The van der Waals surface area contributed by atoms with Gasteiger partial charge in [0.25, 0.3) is 0 Å². The molecule has 0 aliphatic carbocycles. The third-order valence-corrected chi connectivity index (χ3v) is 5.68. The minimum atomic E-state index is -0.917. The molecule has 3 N–H and O–H groups in total. The Hall–Kier alpha value is -0.850. The van der Waals surface area contributed by atoms with Crippen molar-refractivity contribution in [2.45, 2.75) is 25.9 Å². The Bertz CT molecular complexity index is 440. The van der Waals surface area contributed by atoms with Crippen molar-refractivity contribution in [2.24, 2.45) is 5.73 Å². The molecule has 0 fully saturated rings. The van der Waals surface area contributed by atoms with Gasteiger partial charge in [0.15, 0.2) is 0 Å². The molecule has 1 amide bonds. The Balaban J connectivity index is 2.43. The maximum absolute atomic E-state index is 12.0. The average Bonchev–Trinajstić information content (AvgIpc) is 2.45. The number of benzene rings is 1. The molecule has 112 valence electrons. The molecule has 0 saturated carbocycles. The van der Waals surface area contributed by atoms with Crippen molar-refractivity contribution in [3.8, 4) is 0 Å². The van der Waals surface area contributed by atoms with Crippen molar-refractivity contribution >= 4 is 28.5 Å². The van der Waals surface area contributed by atoms with Crippen LogP contribution in [-0.4, -0.2) is 32.7 Å². The SMILES string of the molecule is CCSCS(=O)C[C@@H](C)NC(=O)[C@@H](N)c1ccccc1. The normalized spacial score (nSPS) is 15.3. The quantitative estimate of drug-likeness (QED) is 0.765. The molecule has 0 heterocycles. The van der Waals surface area contributed by atoms with E-state index in [9.17, 15) is 9.00 Å². The molecule has 0 saturated heterocycles. The zero-order valence-corrected chi connectivity index (χ0v) is 13.5. The summed E-state index contributed by atoms with van der Waals surface area (Å²) in [5, 5.41) is 3.43. The molecule has 3 atom stereocenters. The van der Waals surface area contributed by atoms with Crippen LogP contribution in [0.15, 0.2) is 30.3 Å². The van der Waals surface area contributed by atoms with E-state index >= 15 is 0 Å². The van der Waals surface area contributed by atoms with Crippen molar-refractivity contribution in [2.75, 3.05) is 16.6 Å². The molecule has 4 nitrogen and oxygen atoms in total. The molecule has 0 bridgehead atoms. The molecule has 1 aromatic rings. The van der Waals surface area contributed by atoms with Crippen molar-refractivity contribution < 1.29 is 9.00 Å². The predicted molar refractivity (Wildman–Crippen MR) is 87.0 cm³/mol. The van der Waals surface area contributed by atoms with Crippen LogP contribution in [0, 0.1) is 0 Å². The van der Waals surface area contributed by atoms with Crippen LogP contribution in [0.2, 0.25) is 0 Å². The van der Waals surface area contributed by atoms with Crippen LogP contribution in [0.3, 0.4) is 0 Å². The summed E-state index contributed by atoms with van der Waals surface area (Å²) in [4.78, 5) is 12.0. The molecule has 0 aliphatic rings. The zero-order chi connectivity index (χ0) is 15.0. The van der Waals surface area contributed by atoms with E-state index in [-0.39, 0.29) is 11.9 Å². The van der Waals surface area contributed by atoms with Crippen LogP contribution in [-0.2, 0) is 15.6 Å². The molecule has 1 aromatic carbocycles. The minimum Gasteiger partial charge on any atom is -0.351 e. The van der Waals surface area contributed by atoms with Crippen molar-refractivity contribution in [1.29, 1.82) is 0 Å². The second-order valence-corrected chi connectivity index (χ2v) is 7.66. The first kappa shape index (κ1) is 17.2. The summed E-state index contributed by atoms with van der Waals surface area (Å²) in [7, 11) is -0.917. The fraction of sp³-hybridized carbons (Fsp3) is 0.500. The number of nitrogens with one attached hydrogen (secondary N) is 1. The van der Waals surface area contributed by atoms with E-state index in [2.05, 4.69) is 5.32 Å². The third kappa shape index (κ3) is 6.07. The van der Waals surface area contributed by atoms with Crippen LogP contribution < -0.4 is 11.1 Å². The number of nitrogens with two attached hydrogens (primary N) is 1. The van der Waals surface area contributed by atoms with Crippen molar-refractivity contribution in [1.82, 2.24) is 5.32 Å². The number of amides is 1. The first-order valence-corrected chi connectivity index (χ1v) is 9.22. The average molecular weight is 314 g/mol. The first-order chi connectivity index (χ1) is 9.54. The summed E-state index contributed by atoms with van der Waals surface area (Å²) in [6.45, 7) is 3.88. The van der Waals surface area contributed by atoms with E-state index in [1.54, 1.807) is 11.8 Å². The highest BCUT2D eigenvalue weighted by molar-refractivity contribution is 8.10. The summed E-state index contributed by atoms with van der Waals surface area (Å²) in [6.07, 6.45) is 0. The molecule has 20 heavy (non-hydrogen) atoms. The van der Waals surface area contributed by atoms with Gasteiger partial charge < -0.3 is 11.1 Å². The summed E-state index contributed by atoms with van der Waals surface area (Å²) in [5.41, 5.74) is 6.68. The van der Waals surface area contributed by atoms with E-state index in [4.69, 9.17) is 5.73 Å². The Morgan fingerprint density at radius 1 is 1.40 bits per heavy atom. The molecule has 1 rings (SSSR count). The third-order valence-electron chi connectivity index (χ3n) is 2.68. The molecule has 6 heteroatoms. The van der Waals surface area contributed by atoms with Crippen LogP contribution in [0.1, 0.15) is 25.5 Å². The number of hydrogen-bond donors (Lipinski definition) is 2. The minimum absolute atomic E-state index is 0.143. The fourth-order valence-corrected chi connectivity index (χ4v) is 4.13. The van der Waals surface area contributed by atoms with E-state index in [1.807, 2.05) is 44.2 Å². The Labute approximate surface area is 127 Å². The molecule has 1 unspecified atom stereocenters. The highest BCUT2D eigenvalue weighted by Gasteiger charge is 2.18. The van der Waals surface area contributed by atoms with Gasteiger partial charge in [-0.1, -0.05) is 37.3 Å². The van der Waals surface area contributed by atoms with E-state index in [0.29, 0.717) is 10.8 Å². The lowest BCUT2D eigenvalue weighted by Gasteiger charge is -2.17. The summed E-state index contributed by atoms with van der Waals surface area (Å²) >= 11 is 1.64. The van der Waals surface area contributed by atoms with Crippen molar-refractivity contribution in [3.05, 3.63) is 35.9 Å². The van der Waals surface area contributed by atoms with Crippen molar-refractivity contribution in [3.63, 3.8) is 0 Å². The number of carbonyl (C=O) groups is 1.